The predicted octanol–water partition coefficient (Wildman–Crippen LogP) is 2.08. The smallest absolute Gasteiger partial charge is 0.279 e. The Morgan fingerprint density at radius 1 is 0.963 bits per heavy atom. The largest absolute Gasteiger partial charge is 0.481 e. The van der Waals surface area contributed by atoms with Crippen molar-refractivity contribution < 1.29 is 23.5 Å². The van der Waals surface area contributed by atoms with Gasteiger partial charge in [0.2, 0.25) is 0 Å². The molecule has 2 rings (SSSR count). The molecule has 140 valence electrons. The minimum Gasteiger partial charge on any atom is -0.481 e. The minimum atomic E-state index is -1.03. The van der Waals surface area contributed by atoms with Crippen LogP contribution in [0.1, 0.15) is 19.4 Å². The van der Waals surface area contributed by atoms with Gasteiger partial charge >= 0.3 is 0 Å². The van der Waals surface area contributed by atoms with Crippen LogP contribution in [0.2, 0.25) is 0 Å². The zero-order valence-corrected chi connectivity index (χ0v) is 14.7. The number of halogens is 1. The number of carbonyl (C=O) groups is 2. The van der Waals surface area contributed by atoms with Crippen LogP contribution in [0.4, 0.5) is 4.39 Å². The van der Waals surface area contributed by atoms with Gasteiger partial charge in [-0.25, -0.2) is 4.39 Å². The van der Waals surface area contributed by atoms with Crippen LogP contribution in [-0.2, 0) is 9.59 Å². The summed E-state index contributed by atoms with van der Waals surface area (Å²) in [4.78, 5) is 24.0. The lowest BCUT2D eigenvalue weighted by molar-refractivity contribution is -0.135. The van der Waals surface area contributed by atoms with Crippen LogP contribution in [-0.4, -0.2) is 24.0 Å². The fraction of sp³-hybridized carbons (Fsp3) is 0.211. The number of rotatable bonds is 6. The van der Waals surface area contributed by atoms with E-state index in [4.69, 9.17) is 14.7 Å². The van der Waals surface area contributed by atoms with Gasteiger partial charge in [0, 0.05) is 0 Å². The third kappa shape index (κ3) is 5.71. The Bertz CT molecular complexity index is 849. The number of nitrogens with zero attached hydrogens (tertiary/aromatic N) is 1. The van der Waals surface area contributed by atoms with Gasteiger partial charge in [-0.2, -0.15) is 5.26 Å². The van der Waals surface area contributed by atoms with E-state index in [2.05, 4.69) is 10.9 Å². The Kier molecular flexibility index (Phi) is 6.72. The van der Waals surface area contributed by atoms with Gasteiger partial charge in [-0.15, -0.1) is 0 Å². The van der Waals surface area contributed by atoms with E-state index in [1.165, 1.54) is 32.0 Å². The highest BCUT2D eigenvalue weighted by Gasteiger charge is 2.19. The van der Waals surface area contributed by atoms with E-state index in [-0.39, 0.29) is 5.75 Å². The molecule has 0 aromatic heterocycles. The van der Waals surface area contributed by atoms with Crippen LogP contribution >= 0.6 is 0 Å². The summed E-state index contributed by atoms with van der Waals surface area (Å²) < 4.78 is 24.2. The summed E-state index contributed by atoms with van der Waals surface area (Å²) in [6.45, 7) is 2.92. The lowest BCUT2D eigenvalue weighted by Crippen LogP contribution is -2.50. The highest BCUT2D eigenvalue weighted by Crippen LogP contribution is 2.17. The van der Waals surface area contributed by atoms with Gasteiger partial charge in [-0.3, -0.25) is 20.4 Å². The number of benzene rings is 2. The third-order valence-electron chi connectivity index (χ3n) is 3.48. The van der Waals surface area contributed by atoms with Gasteiger partial charge < -0.3 is 9.47 Å². The molecule has 8 heteroatoms. The van der Waals surface area contributed by atoms with Gasteiger partial charge in [0.25, 0.3) is 11.8 Å². The molecule has 0 aliphatic heterocycles. The molecule has 2 atom stereocenters. The summed E-state index contributed by atoms with van der Waals surface area (Å²) in [5.41, 5.74) is 4.88. The van der Waals surface area contributed by atoms with Crippen LogP contribution in [0, 0.1) is 17.1 Å². The molecule has 0 bridgehead atoms. The molecular weight excluding hydrogens is 353 g/mol. The fourth-order valence-corrected chi connectivity index (χ4v) is 1.98. The van der Waals surface area contributed by atoms with E-state index in [0.29, 0.717) is 11.3 Å². The fourth-order valence-electron chi connectivity index (χ4n) is 1.98. The molecule has 0 heterocycles. The van der Waals surface area contributed by atoms with Crippen LogP contribution in [0.3, 0.4) is 0 Å². The molecule has 2 amide bonds. The third-order valence-corrected chi connectivity index (χ3v) is 3.48. The maximum absolute atomic E-state index is 13.5. The molecule has 7 nitrogen and oxygen atoms in total. The summed E-state index contributed by atoms with van der Waals surface area (Å²) in [6, 6.07) is 13.9. The van der Waals surface area contributed by atoms with Crippen molar-refractivity contribution in [3.8, 4) is 17.6 Å². The first-order valence-electron chi connectivity index (χ1n) is 8.08. The van der Waals surface area contributed by atoms with Crippen molar-refractivity contribution in [3.05, 3.63) is 59.9 Å². The van der Waals surface area contributed by atoms with E-state index in [1.807, 2.05) is 6.07 Å². The van der Waals surface area contributed by atoms with Crippen molar-refractivity contribution in [2.75, 3.05) is 0 Å². The normalized spacial score (nSPS) is 12.2. The van der Waals surface area contributed by atoms with Crippen LogP contribution in [0.25, 0.3) is 0 Å². The average molecular weight is 371 g/mol. The van der Waals surface area contributed by atoms with Gasteiger partial charge in [-0.05, 0) is 50.2 Å². The Hall–Kier alpha value is -3.60. The van der Waals surface area contributed by atoms with Crippen molar-refractivity contribution in [1.29, 1.82) is 5.26 Å². The number of hydrazine groups is 1. The van der Waals surface area contributed by atoms with Crippen molar-refractivity contribution in [1.82, 2.24) is 10.9 Å². The number of nitriles is 1. The van der Waals surface area contributed by atoms with E-state index >= 15 is 0 Å². The van der Waals surface area contributed by atoms with Crippen molar-refractivity contribution in [2.24, 2.45) is 0 Å². The average Bonchev–Trinajstić information content (AvgIpc) is 2.68. The standard InChI is InChI=1S/C19H18FN3O4/c1-12(26-15-9-7-14(11-21)8-10-15)18(24)22-23-19(25)13(2)27-17-6-4-3-5-16(17)20/h3-10,12-13H,1-2H3,(H,22,24)(H,23,25)/t12-,13+/m0/s1. The number of hydrogen-bond acceptors (Lipinski definition) is 5. The van der Waals surface area contributed by atoms with Gasteiger partial charge in [0.05, 0.1) is 11.6 Å². The molecule has 2 aromatic rings. The first kappa shape index (κ1) is 19.7. The summed E-state index contributed by atoms with van der Waals surface area (Å²) in [6.07, 6.45) is -1.93. The molecule has 0 fully saturated rings. The van der Waals surface area contributed by atoms with E-state index in [9.17, 15) is 14.0 Å². The Morgan fingerprint density at radius 3 is 2.07 bits per heavy atom. The second-order valence-electron chi connectivity index (χ2n) is 5.57. The molecule has 0 unspecified atom stereocenters. The first-order chi connectivity index (χ1) is 12.9. The van der Waals surface area contributed by atoms with Crippen molar-refractivity contribution >= 4 is 11.8 Å². The molecule has 0 radical (unpaired) electrons. The Labute approximate surface area is 155 Å². The zero-order chi connectivity index (χ0) is 19.8. The number of ether oxygens (including phenoxy) is 2. The highest BCUT2D eigenvalue weighted by molar-refractivity contribution is 5.86. The topological polar surface area (TPSA) is 100 Å². The molecule has 0 aliphatic rings. The monoisotopic (exact) mass is 371 g/mol. The molecule has 0 saturated heterocycles. The molecule has 2 aromatic carbocycles. The number of hydrogen-bond donors (Lipinski definition) is 2. The first-order valence-corrected chi connectivity index (χ1v) is 8.08. The van der Waals surface area contributed by atoms with Crippen molar-refractivity contribution in [3.63, 3.8) is 0 Å². The second kappa shape index (κ2) is 9.20. The highest BCUT2D eigenvalue weighted by atomic mass is 19.1. The molecule has 0 spiro atoms. The zero-order valence-electron chi connectivity index (χ0n) is 14.7. The summed E-state index contributed by atoms with van der Waals surface area (Å²) in [7, 11) is 0. The number of carbonyl (C=O) groups excluding carboxylic acids is 2. The van der Waals surface area contributed by atoms with Gasteiger partial charge in [0.15, 0.2) is 23.8 Å². The number of nitrogens with one attached hydrogen (secondary N) is 2. The summed E-state index contributed by atoms with van der Waals surface area (Å²) in [5, 5.41) is 8.75. The van der Waals surface area contributed by atoms with E-state index < -0.39 is 29.8 Å². The number of para-hydroxylation sites is 1. The molecular formula is C19H18FN3O4. The Morgan fingerprint density at radius 2 is 1.52 bits per heavy atom. The molecule has 27 heavy (non-hydrogen) atoms. The SMILES string of the molecule is C[C@H](Oc1ccc(C#N)cc1)C(=O)NNC(=O)[C@@H](C)Oc1ccccc1F. The second-order valence-corrected chi connectivity index (χ2v) is 5.57. The maximum atomic E-state index is 13.5. The quantitative estimate of drug-likeness (QED) is 0.757. The summed E-state index contributed by atoms with van der Waals surface area (Å²) >= 11 is 0. The minimum absolute atomic E-state index is 0.0657. The molecule has 2 N–H and O–H groups in total. The van der Waals surface area contributed by atoms with Crippen molar-refractivity contribution in [2.45, 2.75) is 26.1 Å². The summed E-state index contributed by atoms with van der Waals surface area (Å²) in [5.74, 6) is -1.50. The predicted molar refractivity (Wildman–Crippen MR) is 94.0 cm³/mol. The van der Waals surface area contributed by atoms with Crippen LogP contribution in [0.5, 0.6) is 11.5 Å². The number of amides is 2. The molecule has 0 saturated carbocycles. The Balaban J connectivity index is 1.81. The van der Waals surface area contributed by atoms with E-state index in [1.54, 1.807) is 30.3 Å². The van der Waals surface area contributed by atoms with Gasteiger partial charge in [-0.1, -0.05) is 12.1 Å². The lowest BCUT2D eigenvalue weighted by Gasteiger charge is -2.18. The van der Waals surface area contributed by atoms with Crippen LogP contribution in [0.15, 0.2) is 48.5 Å². The van der Waals surface area contributed by atoms with E-state index in [0.717, 1.165) is 0 Å². The molecule has 0 aliphatic carbocycles. The maximum Gasteiger partial charge on any atom is 0.279 e. The van der Waals surface area contributed by atoms with Gasteiger partial charge in [0.1, 0.15) is 5.75 Å². The lowest BCUT2D eigenvalue weighted by atomic mass is 10.2. The van der Waals surface area contributed by atoms with Crippen LogP contribution < -0.4 is 20.3 Å².